The predicted octanol–water partition coefficient (Wildman–Crippen LogP) is -0.140. The molecule has 1 aliphatic rings. The van der Waals surface area contributed by atoms with E-state index in [1.807, 2.05) is 6.92 Å². The van der Waals surface area contributed by atoms with Gasteiger partial charge in [0, 0.05) is 19.3 Å². The van der Waals surface area contributed by atoms with E-state index in [1.165, 1.54) is 0 Å². The van der Waals surface area contributed by atoms with Gasteiger partial charge in [-0.15, -0.1) is 0 Å². The zero-order valence-corrected chi connectivity index (χ0v) is 59.6. The average Bonchev–Trinajstić information content (AvgIpc) is 0.850. The van der Waals surface area contributed by atoms with E-state index in [-0.39, 0.29) is 74.5 Å². The second kappa shape index (κ2) is 44.8. The van der Waals surface area contributed by atoms with E-state index in [0.717, 1.165) is 19.8 Å². The number of nitrogens with one attached hydrogen (secondary N) is 11. The van der Waals surface area contributed by atoms with Gasteiger partial charge in [-0.05, 0) is 107 Å². The third kappa shape index (κ3) is 35.0. The minimum absolute atomic E-state index is 0.00764. The van der Waals surface area contributed by atoms with Crippen molar-refractivity contribution in [1.29, 1.82) is 0 Å². The minimum Gasteiger partial charge on any atom is -0.481 e. The lowest BCUT2D eigenvalue weighted by Crippen LogP contribution is -2.63. The van der Waals surface area contributed by atoms with Crippen LogP contribution in [0, 0.1) is 35.5 Å². The first kappa shape index (κ1) is 88.0. The number of carbonyl (C=O) groups is 15. The van der Waals surface area contributed by atoms with Crippen molar-refractivity contribution in [2.75, 3.05) is 6.61 Å². The van der Waals surface area contributed by atoms with Crippen molar-refractivity contribution >= 4 is 88.8 Å². The average molecular weight is 1400 g/mol. The maximum Gasteiger partial charge on any atom is 0.329 e. The van der Waals surface area contributed by atoms with Crippen LogP contribution < -0.4 is 64.2 Å². The number of ether oxygens (including phenoxy) is 1. The standard InChI is InChI=1S/C66H114N12O20/c1-15-16-17-18-40(80)31-52(82)68-44(25-33(2)3)58(89)70-42(20-23-53(83)84)57(88)78-55-39(14)98-66(97)43(21-24-54(85)86)71-60(91)46(27-35(6)7)73-61(92)47(28-36(8)9)72-56(87)41(19-22-51(67)81)69-59(90)45(26-34(4)5)75-64(95)50(32-79)77-63(94)48(29-37(10)11)74-62(93)49(30-38(12)13)76-65(55)96/h33-50,55,79-80H,15-32H2,1-14H3,(H2,67,81)(H,68,82)(H,69,90)(H,70,89)(H,71,91)(H,72,87)(H,73,92)(H,74,93)(H,75,95)(H,76,96)(H,77,94)(H,78,88)(H,83,84)(H,85,86)/t39-,40+,41-,42-,43+,44-,45+,46+,47+,48-,49-,50-,55-/m1/s1. The Morgan fingerprint density at radius 2 is 0.847 bits per heavy atom. The van der Waals surface area contributed by atoms with Gasteiger partial charge in [0.15, 0.2) is 0 Å². The minimum atomic E-state index is -2.13. The van der Waals surface area contributed by atoms with Crippen LogP contribution in [0.5, 0.6) is 0 Å². The van der Waals surface area contributed by atoms with E-state index in [2.05, 4.69) is 58.5 Å². The predicted molar refractivity (Wildman–Crippen MR) is 358 cm³/mol. The van der Waals surface area contributed by atoms with Gasteiger partial charge in [0.05, 0.1) is 19.1 Å². The Hall–Kier alpha value is -8.03. The number of unbranched alkanes of at least 4 members (excludes halogenated alkanes) is 2. The Kier molecular flexibility index (Phi) is 40.2. The molecule has 1 fully saturated rings. The van der Waals surface area contributed by atoms with Gasteiger partial charge in [-0.3, -0.25) is 67.1 Å². The zero-order valence-electron chi connectivity index (χ0n) is 59.6. The van der Waals surface area contributed by atoms with Crippen molar-refractivity contribution in [2.24, 2.45) is 41.2 Å². The van der Waals surface area contributed by atoms with E-state index in [9.17, 15) is 87.5 Å². The Bertz CT molecular complexity index is 2690. The summed E-state index contributed by atoms with van der Waals surface area (Å²) in [6.45, 7) is 22.4. The molecule has 558 valence electrons. The van der Waals surface area contributed by atoms with Crippen molar-refractivity contribution in [2.45, 2.75) is 285 Å². The number of esters is 1. The molecule has 0 saturated carbocycles. The summed E-state index contributed by atoms with van der Waals surface area (Å²) in [6, 6.07) is -18.2. The van der Waals surface area contributed by atoms with E-state index >= 15 is 4.79 Å². The van der Waals surface area contributed by atoms with Crippen LogP contribution in [0.3, 0.4) is 0 Å². The van der Waals surface area contributed by atoms with Gasteiger partial charge in [-0.1, -0.05) is 109 Å². The molecule has 0 radical (unpaired) electrons. The number of aliphatic hydroxyl groups is 2. The monoisotopic (exact) mass is 1390 g/mol. The highest BCUT2D eigenvalue weighted by Gasteiger charge is 2.41. The molecule has 1 heterocycles. The molecule has 0 aromatic rings. The van der Waals surface area contributed by atoms with Crippen molar-refractivity contribution in [3.05, 3.63) is 0 Å². The van der Waals surface area contributed by atoms with Crippen molar-refractivity contribution < 1.29 is 97.1 Å². The largest absolute Gasteiger partial charge is 0.481 e. The number of hydrogen-bond donors (Lipinski definition) is 16. The molecule has 0 aromatic carbocycles. The number of carboxylic acids is 2. The third-order valence-electron chi connectivity index (χ3n) is 15.6. The number of primary amides is 1. The fraction of sp³-hybridized carbons (Fsp3) is 0.773. The van der Waals surface area contributed by atoms with Crippen molar-refractivity contribution in [3.8, 4) is 0 Å². The Labute approximate surface area is 575 Å². The lowest BCUT2D eigenvalue weighted by Gasteiger charge is -2.31. The van der Waals surface area contributed by atoms with Crippen LogP contribution in [-0.4, -0.2) is 194 Å². The van der Waals surface area contributed by atoms with E-state index < -0.39 is 219 Å². The molecule has 17 N–H and O–H groups in total. The molecule has 1 aliphatic heterocycles. The molecule has 32 heteroatoms. The van der Waals surface area contributed by atoms with Crippen LogP contribution in [-0.2, 0) is 76.7 Å². The summed E-state index contributed by atoms with van der Waals surface area (Å²) < 4.78 is 5.82. The van der Waals surface area contributed by atoms with Crippen LogP contribution in [0.4, 0.5) is 0 Å². The number of amides is 12. The first-order valence-electron chi connectivity index (χ1n) is 34.2. The molecular weight excluding hydrogens is 1280 g/mol. The number of carboxylic acid groups (broad SMARTS) is 2. The molecule has 12 amide bonds. The SMILES string of the molecule is CCCCC[C@H](O)CC(=O)N[C@H](CC(C)C)C(=O)N[C@H](CCC(=O)O)C(=O)N[C@H]1C(=O)N[C@H](CC(C)C)C(=O)N[C@H](CC(C)C)C(=O)N[C@H](CO)C(=O)N[C@@H](CC(C)C)C(=O)N[C@H](CCC(N)=O)C(=O)N[C@@H](CC(C)C)C(=O)N[C@@H](CC(C)C)C(=O)N[C@@H](CCC(=O)O)C(=O)O[C@@H]1C. The quantitative estimate of drug-likeness (QED) is 0.0300. The van der Waals surface area contributed by atoms with Gasteiger partial charge in [-0.2, -0.15) is 0 Å². The first-order valence-corrected chi connectivity index (χ1v) is 34.2. The van der Waals surface area contributed by atoms with Gasteiger partial charge >= 0.3 is 17.9 Å². The number of hydrogen-bond acceptors (Lipinski definition) is 18. The maximum absolute atomic E-state index is 15.1. The normalized spacial score (nSPS) is 23.5. The van der Waals surface area contributed by atoms with Crippen LogP contribution >= 0.6 is 0 Å². The zero-order chi connectivity index (χ0) is 74.8. The number of carbonyl (C=O) groups excluding carboxylic acids is 13. The van der Waals surface area contributed by atoms with E-state index in [4.69, 9.17) is 10.5 Å². The van der Waals surface area contributed by atoms with Gasteiger partial charge in [-0.25, -0.2) is 4.79 Å². The summed E-state index contributed by atoms with van der Waals surface area (Å²) in [5, 5.41) is 68.5. The highest BCUT2D eigenvalue weighted by molar-refractivity contribution is 6.00. The molecule has 0 unspecified atom stereocenters. The third-order valence-corrected chi connectivity index (χ3v) is 15.6. The molecule has 0 aliphatic carbocycles. The molecule has 32 nitrogen and oxygen atoms in total. The lowest BCUT2D eigenvalue weighted by atomic mass is 9.98. The summed E-state index contributed by atoms with van der Waals surface area (Å²) in [7, 11) is 0. The number of nitrogens with two attached hydrogens (primary N) is 1. The topological polar surface area (TPSA) is 505 Å². The summed E-state index contributed by atoms with van der Waals surface area (Å²) in [6.07, 6.45) is -5.09. The highest BCUT2D eigenvalue weighted by atomic mass is 16.5. The second-order valence-corrected chi connectivity index (χ2v) is 28.0. The van der Waals surface area contributed by atoms with Gasteiger partial charge in [0.25, 0.3) is 0 Å². The van der Waals surface area contributed by atoms with Crippen LogP contribution in [0.1, 0.15) is 206 Å². The Morgan fingerprint density at radius 1 is 0.469 bits per heavy atom. The Morgan fingerprint density at radius 3 is 1.23 bits per heavy atom. The molecule has 0 aromatic heterocycles. The number of aliphatic carboxylic acids is 2. The molecule has 0 spiro atoms. The van der Waals surface area contributed by atoms with E-state index in [1.54, 1.807) is 83.1 Å². The van der Waals surface area contributed by atoms with E-state index in [0.29, 0.717) is 12.8 Å². The number of cyclic esters (lactones) is 1. The highest BCUT2D eigenvalue weighted by Crippen LogP contribution is 2.18. The molecule has 98 heavy (non-hydrogen) atoms. The van der Waals surface area contributed by atoms with Crippen LogP contribution in [0.25, 0.3) is 0 Å². The van der Waals surface area contributed by atoms with Crippen molar-refractivity contribution in [3.63, 3.8) is 0 Å². The fourth-order valence-corrected chi connectivity index (χ4v) is 10.6. The lowest BCUT2D eigenvalue weighted by molar-refractivity contribution is -0.157. The van der Waals surface area contributed by atoms with Crippen LogP contribution in [0.2, 0.25) is 0 Å². The van der Waals surface area contributed by atoms with Gasteiger partial charge in [0.1, 0.15) is 72.6 Å². The summed E-state index contributed by atoms with van der Waals surface area (Å²) in [5.74, 6) is -18.6. The summed E-state index contributed by atoms with van der Waals surface area (Å²) in [5.41, 5.74) is 5.48. The van der Waals surface area contributed by atoms with Gasteiger partial charge in [0.2, 0.25) is 70.9 Å². The smallest absolute Gasteiger partial charge is 0.329 e. The molecule has 0 bridgehead atoms. The summed E-state index contributed by atoms with van der Waals surface area (Å²) in [4.78, 5) is 209. The molecule has 13 atom stereocenters. The molecule has 1 saturated heterocycles. The number of rotatable bonds is 33. The molecule has 1 rings (SSSR count). The van der Waals surface area contributed by atoms with Gasteiger partial charge < -0.3 is 89.4 Å². The van der Waals surface area contributed by atoms with Crippen LogP contribution in [0.15, 0.2) is 0 Å². The van der Waals surface area contributed by atoms with Crippen molar-refractivity contribution in [1.82, 2.24) is 58.5 Å². The Balaban J connectivity index is 4.43. The number of aliphatic hydroxyl groups excluding tert-OH is 2. The first-order chi connectivity index (χ1) is 45.7. The fourth-order valence-electron chi connectivity index (χ4n) is 10.6. The summed E-state index contributed by atoms with van der Waals surface area (Å²) >= 11 is 0. The maximum atomic E-state index is 15.1. The second-order valence-electron chi connectivity index (χ2n) is 28.0. The molecular formula is C66H114N12O20.